The maximum atomic E-state index is 5.55. The summed E-state index contributed by atoms with van der Waals surface area (Å²) in [5.74, 6) is 1.19. The van der Waals surface area contributed by atoms with Gasteiger partial charge in [0.05, 0.1) is 6.26 Å². The lowest BCUT2D eigenvalue weighted by molar-refractivity contribution is 0.411. The van der Waals surface area contributed by atoms with E-state index in [4.69, 9.17) is 4.42 Å². The monoisotopic (exact) mass is 273 g/mol. The largest absolute Gasteiger partial charge is 0.469 e. The highest BCUT2D eigenvalue weighted by molar-refractivity contribution is 7.12. The summed E-state index contributed by atoms with van der Waals surface area (Å²) in [6.45, 7) is 1.01. The number of furan rings is 1. The highest BCUT2D eigenvalue weighted by Crippen LogP contribution is 2.33. The van der Waals surface area contributed by atoms with Crippen molar-refractivity contribution in [2.24, 2.45) is 0 Å². The average Bonchev–Trinajstić information content (AvgIpc) is 3.10. The van der Waals surface area contributed by atoms with Crippen LogP contribution in [0.2, 0.25) is 0 Å². The second kappa shape index (κ2) is 4.80. The molecule has 0 aromatic carbocycles. The molecule has 0 fully saturated rings. The van der Waals surface area contributed by atoms with Gasteiger partial charge in [0.2, 0.25) is 0 Å². The first kappa shape index (κ1) is 11.7. The number of thiophene rings is 1. The van der Waals surface area contributed by atoms with Crippen LogP contribution in [0, 0.1) is 0 Å². The van der Waals surface area contributed by atoms with Crippen LogP contribution in [0.25, 0.3) is 0 Å². The molecule has 2 aromatic heterocycles. The second-order valence-electron chi connectivity index (χ2n) is 5.64. The van der Waals surface area contributed by atoms with Crippen LogP contribution >= 0.6 is 11.3 Å². The van der Waals surface area contributed by atoms with Crippen molar-refractivity contribution in [2.45, 2.75) is 51.1 Å². The lowest BCUT2D eigenvalue weighted by atomic mass is 9.93. The first-order valence-corrected chi connectivity index (χ1v) is 8.12. The van der Waals surface area contributed by atoms with Crippen LogP contribution < -0.4 is 5.32 Å². The third-order valence-electron chi connectivity index (χ3n) is 4.37. The van der Waals surface area contributed by atoms with Crippen molar-refractivity contribution in [3.05, 3.63) is 45.0 Å². The van der Waals surface area contributed by atoms with Crippen LogP contribution in [-0.4, -0.2) is 0 Å². The lowest BCUT2D eigenvalue weighted by Gasteiger charge is -2.22. The molecule has 4 rings (SSSR count). The van der Waals surface area contributed by atoms with Crippen LogP contribution in [0.3, 0.4) is 0 Å². The van der Waals surface area contributed by atoms with Crippen molar-refractivity contribution >= 4 is 11.3 Å². The highest BCUT2D eigenvalue weighted by atomic mass is 32.1. The summed E-state index contributed by atoms with van der Waals surface area (Å²) in [7, 11) is 0. The molecule has 1 unspecified atom stereocenters. The zero-order chi connectivity index (χ0) is 12.7. The van der Waals surface area contributed by atoms with E-state index in [9.17, 15) is 0 Å². The molecule has 1 N–H and O–H groups in total. The Labute approximate surface area is 117 Å². The lowest BCUT2D eigenvalue weighted by Crippen LogP contribution is -2.23. The summed E-state index contributed by atoms with van der Waals surface area (Å²) in [5, 5.41) is 3.72. The van der Waals surface area contributed by atoms with Crippen molar-refractivity contribution in [1.29, 1.82) is 0 Å². The molecule has 1 atom stereocenters. The van der Waals surface area contributed by atoms with Crippen LogP contribution in [0.1, 0.15) is 51.9 Å². The summed E-state index contributed by atoms with van der Waals surface area (Å²) in [6.07, 6.45) is 9.36. The fraction of sp³-hybridized carbons (Fsp3) is 0.500. The summed E-state index contributed by atoms with van der Waals surface area (Å²) in [5.41, 5.74) is 2.99. The average molecular weight is 273 g/mol. The molecule has 0 bridgehead atoms. The molecule has 3 heteroatoms. The molecule has 0 saturated carbocycles. The van der Waals surface area contributed by atoms with E-state index < -0.39 is 0 Å². The van der Waals surface area contributed by atoms with Gasteiger partial charge in [-0.05, 0) is 49.8 Å². The van der Waals surface area contributed by atoms with Crippen molar-refractivity contribution in [2.75, 3.05) is 0 Å². The van der Waals surface area contributed by atoms with E-state index in [-0.39, 0.29) is 0 Å². The van der Waals surface area contributed by atoms with Crippen molar-refractivity contribution < 1.29 is 4.42 Å². The zero-order valence-corrected chi connectivity index (χ0v) is 11.9. The van der Waals surface area contributed by atoms with Gasteiger partial charge < -0.3 is 9.73 Å². The Morgan fingerprint density at radius 2 is 2.26 bits per heavy atom. The quantitative estimate of drug-likeness (QED) is 0.914. The van der Waals surface area contributed by atoms with E-state index in [0.29, 0.717) is 6.04 Å². The minimum atomic E-state index is 0.486. The standard InChI is InChI=1S/C16H19NOS/c1-3-11-9-12(19-16(11)6-1)10-17-14-4-2-5-15-13(14)7-8-18-15/h7-9,14,17H,1-6,10H2. The zero-order valence-electron chi connectivity index (χ0n) is 11.1. The molecule has 0 radical (unpaired) electrons. The van der Waals surface area contributed by atoms with Crippen LogP contribution in [0.15, 0.2) is 22.8 Å². The van der Waals surface area contributed by atoms with Gasteiger partial charge >= 0.3 is 0 Å². The Balaban J connectivity index is 1.45. The molecule has 2 nitrogen and oxygen atoms in total. The first-order chi connectivity index (χ1) is 9.40. The normalized spacial score (nSPS) is 21.4. The third-order valence-corrected chi connectivity index (χ3v) is 5.61. The van der Waals surface area contributed by atoms with Gasteiger partial charge in [-0.15, -0.1) is 11.3 Å². The van der Waals surface area contributed by atoms with E-state index in [1.807, 2.05) is 17.6 Å². The number of fused-ring (bicyclic) bond motifs is 2. The number of rotatable bonds is 3. The van der Waals surface area contributed by atoms with Gasteiger partial charge in [0.25, 0.3) is 0 Å². The van der Waals surface area contributed by atoms with Crippen molar-refractivity contribution in [3.63, 3.8) is 0 Å². The van der Waals surface area contributed by atoms with Gasteiger partial charge in [0.15, 0.2) is 0 Å². The molecular weight excluding hydrogens is 254 g/mol. The van der Waals surface area contributed by atoms with Crippen LogP contribution in [0.4, 0.5) is 0 Å². The Morgan fingerprint density at radius 3 is 3.21 bits per heavy atom. The predicted octanol–water partition coefficient (Wildman–Crippen LogP) is 4.00. The van der Waals surface area contributed by atoms with Gasteiger partial charge in [0, 0.05) is 34.3 Å². The Hall–Kier alpha value is -1.06. The SMILES string of the molecule is c1cc2c(o1)CCCC2NCc1cc2c(s1)CCC2. The summed E-state index contributed by atoms with van der Waals surface area (Å²) in [4.78, 5) is 3.13. The molecule has 19 heavy (non-hydrogen) atoms. The van der Waals surface area contributed by atoms with E-state index in [0.717, 1.165) is 13.0 Å². The van der Waals surface area contributed by atoms with Gasteiger partial charge in [-0.1, -0.05) is 0 Å². The fourth-order valence-electron chi connectivity index (χ4n) is 3.40. The smallest absolute Gasteiger partial charge is 0.108 e. The maximum Gasteiger partial charge on any atom is 0.108 e. The molecule has 100 valence electrons. The molecule has 2 aromatic rings. The topological polar surface area (TPSA) is 25.2 Å². The predicted molar refractivity (Wildman–Crippen MR) is 77.6 cm³/mol. The third kappa shape index (κ3) is 2.15. The van der Waals surface area contributed by atoms with Crippen molar-refractivity contribution in [1.82, 2.24) is 5.32 Å². The highest BCUT2D eigenvalue weighted by Gasteiger charge is 2.22. The number of nitrogens with one attached hydrogen (secondary N) is 1. The van der Waals surface area contributed by atoms with E-state index in [1.165, 1.54) is 48.3 Å². The molecule has 0 saturated heterocycles. The Morgan fingerprint density at radius 1 is 1.26 bits per heavy atom. The van der Waals surface area contributed by atoms with Crippen LogP contribution in [-0.2, 0) is 25.8 Å². The number of hydrogen-bond donors (Lipinski definition) is 1. The van der Waals surface area contributed by atoms with Gasteiger partial charge in [-0.3, -0.25) is 0 Å². The molecule has 2 heterocycles. The molecular formula is C16H19NOS. The van der Waals surface area contributed by atoms with Gasteiger partial charge in [-0.25, -0.2) is 0 Å². The molecule has 0 spiro atoms. The van der Waals surface area contributed by atoms with E-state index in [1.54, 1.807) is 10.4 Å². The van der Waals surface area contributed by atoms with Gasteiger partial charge in [-0.2, -0.15) is 0 Å². The number of hydrogen-bond acceptors (Lipinski definition) is 3. The molecule has 2 aliphatic rings. The van der Waals surface area contributed by atoms with E-state index in [2.05, 4.69) is 17.4 Å². The van der Waals surface area contributed by atoms with Crippen LogP contribution in [0.5, 0.6) is 0 Å². The van der Waals surface area contributed by atoms with Gasteiger partial charge in [0.1, 0.15) is 5.76 Å². The minimum absolute atomic E-state index is 0.486. The first-order valence-electron chi connectivity index (χ1n) is 7.30. The van der Waals surface area contributed by atoms with Crippen molar-refractivity contribution in [3.8, 4) is 0 Å². The number of aryl methyl sites for hydroxylation is 3. The minimum Gasteiger partial charge on any atom is -0.469 e. The Kier molecular flexibility index (Phi) is 2.97. The van der Waals surface area contributed by atoms with E-state index >= 15 is 0 Å². The maximum absolute atomic E-state index is 5.55. The summed E-state index contributed by atoms with van der Waals surface area (Å²) in [6, 6.07) is 5.04. The molecule has 0 amide bonds. The second-order valence-corrected chi connectivity index (χ2v) is 6.86. The fourth-order valence-corrected chi connectivity index (χ4v) is 4.61. The molecule has 2 aliphatic carbocycles. The Bertz CT molecular complexity index is 562. The molecule has 0 aliphatic heterocycles. The summed E-state index contributed by atoms with van der Waals surface area (Å²) < 4.78 is 5.55. The summed E-state index contributed by atoms with van der Waals surface area (Å²) >= 11 is 2.01.